The van der Waals surface area contributed by atoms with Gasteiger partial charge in [0, 0.05) is 48.1 Å². The minimum absolute atomic E-state index is 0.0421. The fourth-order valence-electron chi connectivity index (χ4n) is 6.47. The van der Waals surface area contributed by atoms with Gasteiger partial charge < -0.3 is 21.3 Å². The summed E-state index contributed by atoms with van der Waals surface area (Å²) in [4.78, 5) is 40.2. The molecule has 2 heterocycles. The molecule has 0 unspecified atom stereocenters. The normalized spacial score (nSPS) is 20.0. The van der Waals surface area contributed by atoms with Crippen LogP contribution in [0.15, 0.2) is 30.3 Å². The van der Waals surface area contributed by atoms with Gasteiger partial charge in [0.25, 0.3) is 5.91 Å². The van der Waals surface area contributed by atoms with E-state index in [0.717, 1.165) is 6.54 Å². The van der Waals surface area contributed by atoms with Crippen LogP contribution in [-0.4, -0.2) is 60.4 Å². The number of rotatable bonds is 8. The quantitative estimate of drug-likeness (QED) is 0.350. The summed E-state index contributed by atoms with van der Waals surface area (Å²) < 4.78 is 31.5. The molecule has 2 aliphatic rings. The van der Waals surface area contributed by atoms with Gasteiger partial charge in [-0.3, -0.25) is 19.0 Å². The number of nitrogens with zero attached hydrogens (tertiary/aromatic N) is 2. The topological polar surface area (TPSA) is 109 Å². The molecule has 1 fully saturated rings. The first kappa shape index (κ1) is 29.7. The number of carbonyl (C=O) groups excluding carboxylic acids is 3. The molecule has 2 aromatic carbocycles. The Balaban J connectivity index is 1.47. The predicted molar refractivity (Wildman–Crippen MR) is 159 cm³/mol. The van der Waals surface area contributed by atoms with Crippen molar-refractivity contribution in [3.63, 3.8) is 0 Å². The summed E-state index contributed by atoms with van der Waals surface area (Å²) in [5.41, 5.74) is 7.58. The van der Waals surface area contributed by atoms with E-state index in [-0.39, 0.29) is 40.4 Å². The van der Waals surface area contributed by atoms with Crippen molar-refractivity contribution in [2.75, 3.05) is 32.5 Å². The number of benzene rings is 2. The van der Waals surface area contributed by atoms with Crippen LogP contribution < -0.4 is 16.4 Å². The van der Waals surface area contributed by atoms with E-state index in [1.807, 2.05) is 32.8 Å². The molecule has 0 atom stereocenters. The smallest absolute Gasteiger partial charge is 0.253 e. The lowest BCUT2D eigenvalue weighted by molar-refractivity contribution is -0.126. The van der Waals surface area contributed by atoms with E-state index in [9.17, 15) is 18.8 Å². The number of likely N-dealkylation sites (N-methyl/N-ethyl adjacent to an activating group) is 1. The fraction of sp³-hybridized carbons (Fsp3) is 0.469. The Morgan fingerprint density at radius 2 is 1.79 bits per heavy atom. The zero-order valence-electron chi connectivity index (χ0n) is 24.7. The fourth-order valence-corrected chi connectivity index (χ4v) is 6.47. The van der Waals surface area contributed by atoms with Crippen molar-refractivity contribution in [3.05, 3.63) is 53.2 Å². The third kappa shape index (κ3) is 5.90. The Kier molecular flexibility index (Phi) is 8.11. The highest BCUT2D eigenvalue weighted by molar-refractivity contribution is 6.06. The molecule has 224 valence electrons. The van der Waals surface area contributed by atoms with Crippen LogP contribution in [0.25, 0.3) is 22.0 Å². The molecule has 0 radical (unpaired) electrons. The Labute approximate surface area is 244 Å². The van der Waals surface area contributed by atoms with Crippen molar-refractivity contribution in [2.24, 2.45) is 17.1 Å². The van der Waals surface area contributed by atoms with Crippen molar-refractivity contribution >= 4 is 34.3 Å². The van der Waals surface area contributed by atoms with Gasteiger partial charge in [-0.1, -0.05) is 13.8 Å². The lowest BCUT2D eigenvalue weighted by Gasteiger charge is -2.31. The molecular formula is C32H39F2N5O3. The molecular weight excluding hydrogens is 540 g/mol. The van der Waals surface area contributed by atoms with Gasteiger partial charge in [-0.15, -0.1) is 0 Å². The standard InChI is InChI=1S/C32H39F2N5O3/c1-32(2)16-26-28(22-10-7-20(33)15-25(22)39(26)27(40)17-32)19-13-23(34)29(30(35)41)24(14-19)37-21-8-5-18(6-9-21)31(42)36-11-12-38(3)4/h7,10,13-15,18,21,37H,5-6,8-9,11-12,16-17H2,1-4H3,(H2,35,41)(H,36,42)/t18-,21-. The molecule has 1 aliphatic carbocycles. The number of primary amides is 1. The minimum Gasteiger partial charge on any atom is -0.382 e. The van der Waals surface area contributed by atoms with Gasteiger partial charge in [0.15, 0.2) is 0 Å². The number of hydrogen-bond acceptors (Lipinski definition) is 5. The number of nitrogens with two attached hydrogens (primary N) is 1. The molecule has 10 heteroatoms. The van der Waals surface area contributed by atoms with Crippen LogP contribution in [0.4, 0.5) is 14.5 Å². The summed E-state index contributed by atoms with van der Waals surface area (Å²) in [7, 11) is 3.91. The molecule has 0 saturated heterocycles. The maximum absolute atomic E-state index is 15.6. The maximum atomic E-state index is 15.6. The Morgan fingerprint density at radius 3 is 2.45 bits per heavy atom. The van der Waals surface area contributed by atoms with Gasteiger partial charge in [0.2, 0.25) is 11.8 Å². The second-order valence-corrected chi connectivity index (χ2v) is 12.8. The lowest BCUT2D eigenvalue weighted by Crippen LogP contribution is -2.38. The van der Waals surface area contributed by atoms with Crippen molar-refractivity contribution in [3.8, 4) is 11.1 Å². The zero-order valence-corrected chi connectivity index (χ0v) is 24.7. The molecule has 0 spiro atoms. The Morgan fingerprint density at radius 1 is 1.07 bits per heavy atom. The van der Waals surface area contributed by atoms with Gasteiger partial charge in [-0.05, 0) is 87.5 Å². The van der Waals surface area contributed by atoms with Crippen LogP contribution in [0.3, 0.4) is 0 Å². The van der Waals surface area contributed by atoms with Gasteiger partial charge in [-0.25, -0.2) is 8.78 Å². The second kappa shape index (κ2) is 11.5. The van der Waals surface area contributed by atoms with Crippen LogP contribution in [0.5, 0.6) is 0 Å². The zero-order chi connectivity index (χ0) is 30.3. The molecule has 8 nitrogen and oxygen atoms in total. The highest BCUT2D eigenvalue weighted by atomic mass is 19.1. The van der Waals surface area contributed by atoms with E-state index in [1.54, 1.807) is 16.7 Å². The summed E-state index contributed by atoms with van der Waals surface area (Å²) in [6.45, 7) is 5.35. The number of halogens is 2. The first-order chi connectivity index (χ1) is 19.8. The third-order valence-corrected chi connectivity index (χ3v) is 8.49. The van der Waals surface area contributed by atoms with Crippen molar-refractivity contribution < 1.29 is 23.2 Å². The third-order valence-electron chi connectivity index (χ3n) is 8.49. The predicted octanol–water partition coefficient (Wildman–Crippen LogP) is 4.95. The molecule has 1 saturated carbocycles. The minimum atomic E-state index is -0.891. The highest BCUT2D eigenvalue weighted by Gasteiger charge is 2.36. The SMILES string of the molecule is CN(C)CCNC(=O)[C@H]1CC[C@H](Nc2cc(-c3c4n(c5cc(F)ccc35)C(=O)CC(C)(C)C4)cc(F)c2C(N)=O)CC1. The second-order valence-electron chi connectivity index (χ2n) is 12.8. The van der Waals surface area contributed by atoms with E-state index in [1.165, 1.54) is 18.2 Å². The number of hydrogen-bond donors (Lipinski definition) is 3. The van der Waals surface area contributed by atoms with E-state index < -0.39 is 17.5 Å². The summed E-state index contributed by atoms with van der Waals surface area (Å²) >= 11 is 0. The summed E-state index contributed by atoms with van der Waals surface area (Å²) in [6.07, 6.45) is 3.51. The lowest BCUT2D eigenvalue weighted by atomic mass is 9.80. The number of aromatic nitrogens is 1. The summed E-state index contributed by atoms with van der Waals surface area (Å²) in [5.74, 6) is -2.32. The number of nitrogens with one attached hydrogen (secondary N) is 2. The molecule has 1 aromatic heterocycles. The summed E-state index contributed by atoms with van der Waals surface area (Å²) in [6, 6.07) is 7.16. The monoisotopic (exact) mass is 579 g/mol. The van der Waals surface area contributed by atoms with Gasteiger partial charge >= 0.3 is 0 Å². The molecule has 5 rings (SSSR count). The first-order valence-electron chi connectivity index (χ1n) is 14.5. The van der Waals surface area contributed by atoms with Crippen LogP contribution in [0, 0.1) is 23.0 Å². The number of fused-ring (bicyclic) bond motifs is 3. The largest absolute Gasteiger partial charge is 0.382 e. The Bertz CT molecular complexity index is 1550. The van der Waals surface area contributed by atoms with E-state index >= 15 is 4.39 Å². The van der Waals surface area contributed by atoms with Crippen molar-refractivity contribution in [1.82, 2.24) is 14.8 Å². The van der Waals surface area contributed by atoms with E-state index in [4.69, 9.17) is 5.73 Å². The van der Waals surface area contributed by atoms with Crippen LogP contribution in [-0.2, 0) is 11.2 Å². The van der Waals surface area contributed by atoms with Crippen LogP contribution in [0.2, 0.25) is 0 Å². The maximum Gasteiger partial charge on any atom is 0.253 e. The van der Waals surface area contributed by atoms with Gasteiger partial charge in [0.1, 0.15) is 11.6 Å². The van der Waals surface area contributed by atoms with Gasteiger partial charge in [-0.2, -0.15) is 0 Å². The number of carbonyl (C=O) groups is 3. The van der Waals surface area contributed by atoms with Crippen LogP contribution in [0.1, 0.15) is 66.8 Å². The Hall–Kier alpha value is -3.79. The van der Waals surface area contributed by atoms with Gasteiger partial charge in [0.05, 0.1) is 16.8 Å². The van der Waals surface area contributed by atoms with E-state index in [2.05, 4.69) is 10.6 Å². The van der Waals surface area contributed by atoms with E-state index in [0.29, 0.717) is 72.8 Å². The van der Waals surface area contributed by atoms with Crippen molar-refractivity contribution in [1.29, 1.82) is 0 Å². The van der Waals surface area contributed by atoms with Crippen LogP contribution >= 0.6 is 0 Å². The highest BCUT2D eigenvalue weighted by Crippen LogP contribution is 2.44. The number of amides is 2. The average molecular weight is 580 g/mol. The first-order valence-corrected chi connectivity index (χ1v) is 14.5. The molecule has 42 heavy (non-hydrogen) atoms. The summed E-state index contributed by atoms with van der Waals surface area (Å²) in [5, 5.41) is 6.97. The average Bonchev–Trinajstić information content (AvgIpc) is 3.20. The molecule has 4 N–H and O–H groups in total. The number of anilines is 1. The van der Waals surface area contributed by atoms with Crippen molar-refractivity contribution in [2.45, 2.75) is 58.4 Å². The molecule has 2 amide bonds. The molecule has 3 aromatic rings. The molecule has 0 bridgehead atoms. The molecule has 1 aliphatic heterocycles.